The number of rotatable bonds is 4. The number of alkyl halides is 1. The predicted octanol–water partition coefficient (Wildman–Crippen LogP) is 5.76. The van der Waals surface area contributed by atoms with Crippen LogP contribution < -0.4 is 4.74 Å². The molecule has 106 valence electrons. The Balaban J connectivity index is 2.02. The second-order valence-corrected chi connectivity index (χ2v) is 6.74. The first-order chi connectivity index (χ1) is 9.15. The molecular weight excluding hydrogens is 324 g/mol. The Kier molecular flexibility index (Phi) is 5.58. The molecule has 0 aliphatic heterocycles. The van der Waals surface area contributed by atoms with Gasteiger partial charge in [0.05, 0.1) is 11.6 Å². The number of hydrogen-bond donors (Lipinski definition) is 0. The topological polar surface area (TPSA) is 9.23 Å². The number of benzene rings is 1. The van der Waals surface area contributed by atoms with Gasteiger partial charge in [-0.05, 0) is 37.5 Å². The number of hydrogen-bond acceptors (Lipinski definition) is 1. The van der Waals surface area contributed by atoms with Gasteiger partial charge in [-0.3, -0.25) is 0 Å². The van der Waals surface area contributed by atoms with Crippen LogP contribution in [0.4, 0.5) is 0 Å². The molecule has 1 aliphatic rings. The Morgan fingerprint density at radius 1 is 1.21 bits per heavy atom. The summed E-state index contributed by atoms with van der Waals surface area (Å²) in [5, 5.41) is 1.74. The molecule has 2 rings (SSSR count). The third-order valence-corrected chi connectivity index (χ3v) is 5.55. The van der Waals surface area contributed by atoms with E-state index in [-0.39, 0.29) is 5.41 Å². The monoisotopic (exact) mass is 344 g/mol. The van der Waals surface area contributed by atoms with Crippen molar-refractivity contribution in [3.8, 4) is 5.75 Å². The third kappa shape index (κ3) is 4.13. The maximum absolute atomic E-state index is 6.23. The van der Waals surface area contributed by atoms with Gasteiger partial charge in [0.25, 0.3) is 0 Å². The quantitative estimate of drug-likeness (QED) is 0.498. The van der Waals surface area contributed by atoms with Crippen LogP contribution in [0.1, 0.15) is 44.1 Å². The van der Waals surface area contributed by atoms with Gasteiger partial charge >= 0.3 is 0 Å². The molecule has 19 heavy (non-hydrogen) atoms. The Morgan fingerprint density at radius 3 is 2.47 bits per heavy atom. The highest BCUT2D eigenvalue weighted by molar-refractivity contribution is 9.09. The minimum Gasteiger partial charge on any atom is -0.491 e. The molecule has 1 nitrogen and oxygen atoms in total. The highest BCUT2D eigenvalue weighted by Crippen LogP contribution is 2.38. The first-order valence-electron chi connectivity index (χ1n) is 7.10. The van der Waals surface area contributed by atoms with Gasteiger partial charge in [0, 0.05) is 10.7 Å². The molecule has 0 N–H and O–H groups in total. The summed E-state index contributed by atoms with van der Waals surface area (Å²) in [4.78, 5) is 0. The van der Waals surface area contributed by atoms with Crippen molar-refractivity contribution >= 4 is 27.5 Å². The van der Waals surface area contributed by atoms with Crippen LogP contribution in [0.3, 0.4) is 0 Å². The Labute approximate surface area is 129 Å². The van der Waals surface area contributed by atoms with Gasteiger partial charge < -0.3 is 4.74 Å². The highest BCUT2D eigenvalue weighted by Gasteiger charge is 2.31. The van der Waals surface area contributed by atoms with Gasteiger partial charge in [-0.15, -0.1) is 0 Å². The van der Waals surface area contributed by atoms with Crippen molar-refractivity contribution in [2.24, 2.45) is 5.41 Å². The summed E-state index contributed by atoms with van der Waals surface area (Å²) in [6.45, 7) is 2.81. The van der Waals surface area contributed by atoms with E-state index < -0.39 is 0 Å². The maximum Gasteiger partial charge on any atom is 0.137 e. The fourth-order valence-electron chi connectivity index (χ4n) is 2.75. The molecule has 0 unspecified atom stereocenters. The van der Waals surface area contributed by atoms with Crippen molar-refractivity contribution in [1.82, 2.24) is 0 Å². The van der Waals surface area contributed by atoms with E-state index in [0.29, 0.717) is 0 Å². The van der Waals surface area contributed by atoms with Crippen LogP contribution in [0.5, 0.6) is 5.75 Å². The van der Waals surface area contributed by atoms with E-state index in [1.807, 2.05) is 19.1 Å². The number of halogens is 2. The van der Waals surface area contributed by atoms with E-state index in [1.54, 1.807) is 0 Å². The first-order valence-corrected chi connectivity index (χ1v) is 8.60. The van der Waals surface area contributed by atoms with Crippen LogP contribution in [0.15, 0.2) is 18.2 Å². The van der Waals surface area contributed by atoms with Crippen molar-refractivity contribution in [1.29, 1.82) is 0 Å². The predicted molar refractivity (Wildman–Crippen MR) is 85.6 cm³/mol. The summed E-state index contributed by atoms with van der Waals surface area (Å²) in [5.41, 5.74) is 1.45. The van der Waals surface area contributed by atoms with Crippen molar-refractivity contribution in [2.75, 3.05) is 11.9 Å². The van der Waals surface area contributed by atoms with Crippen LogP contribution in [0, 0.1) is 12.3 Å². The zero-order valence-corrected chi connectivity index (χ0v) is 13.9. The second-order valence-electron chi connectivity index (χ2n) is 5.77. The van der Waals surface area contributed by atoms with E-state index in [0.717, 1.165) is 22.7 Å². The summed E-state index contributed by atoms with van der Waals surface area (Å²) in [6.07, 6.45) is 7.86. The van der Waals surface area contributed by atoms with E-state index >= 15 is 0 Å². The largest absolute Gasteiger partial charge is 0.491 e. The zero-order valence-electron chi connectivity index (χ0n) is 11.6. The molecule has 0 radical (unpaired) electrons. The molecule has 1 aromatic carbocycles. The zero-order chi connectivity index (χ0) is 13.7. The molecule has 1 aromatic rings. The van der Waals surface area contributed by atoms with Crippen molar-refractivity contribution in [3.05, 3.63) is 28.8 Å². The smallest absolute Gasteiger partial charge is 0.137 e. The van der Waals surface area contributed by atoms with E-state index in [4.69, 9.17) is 16.3 Å². The van der Waals surface area contributed by atoms with E-state index in [2.05, 4.69) is 22.0 Å². The molecule has 0 amide bonds. The summed E-state index contributed by atoms with van der Waals surface area (Å²) in [7, 11) is 0. The van der Waals surface area contributed by atoms with Crippen LogP contribution in [-0.2, 0) is 0 Å². The van der Waals surface area contributed by atoms with Crippen LogP contribution in [-0.4, -0.2) is 11.9 Å². The van der Waals surface area contributed by atoms with Crippen LogP contribution >= 0.6 is 27.5 Å². The Bertz CT molecular complexity index is 411. The molecule has 1 aliphatic carbocycles. The molecule has 0 aromatic heterocycles. The van der Waals surface area contributed by atoms with Gasteiger partial charge in [0.2, 0.25) is 0 Å². The summed E-state index contributed by atoms with van der Waals surface area (Å²) in [6, 6.07) is 6.00. The highest BCUT2D eigenvalue weighted by atomic mass is 79.9. The minimum absolute atomic E-state index is 0.282. The normalized spacial score (nSPS) is 18.9. The lowest BCUT2D eigenvalue weighted by Crippen LogP contribution is -2.30. The fraction of sp³-hybridized carbons (Fsp3) is 0.625. The lowest BCUT2D eigenvalue weighted by molar-refractivity contribution is 0.149. The van der Waals surface area contributed by atoms with Gasteiger partial charge in [0.1, 0.15) is 5.75 Å². The van der Waals surface area contributed by atoms with Crippen molar-refractivity contribution in [3.63, 3.8) is 0 Å². The molecule has 0 spiro atoms. The van der Waals surface area contributed by atoms with Gasteiger partial charge in [-0.25, -0.2) is 0 Å². The summed E-state index contributed by atoms with van der Waals surface area (Å²) in [5.74, 6) is 0.817. The second kappa shape index (κ2) is 6.99. The van der Waals surface area contributed by atoms with Crippen LogP contribution in [0.25, 0.3) is 0 Å². The molecule has 0 saturated heterocycles. The Morgan fingerprint density at radius 2 is 1.89 bits per heavy atom. The lowest BCUT2D eigenvalue weighted by Gasteiger charge is -2.30. The molecule has 0 heterocycles. The average molecular weight is 346 g/mol. The summed E-state index contributed by atoms with van der Waals surface area (Å²) >= 11 is 9.92. The molecule has 3 heteroatoms. The van der Waals surface area contributed by atoms with E-state index in [9.17, 15) is 0 Å². The average Bonchev–Trinajstić information content (AvgIpc) is 2.64. The fourth-order valence-corrected chi connectivity index (χ4v) is 3.76. The number of ether oxygens (including phenoxy) is 1. The standard InChI is InChI=1S/C16H22BrClO/c1-13-6-7-15(14(18)10-13)19-12-16(11-17)8-4-2-3-5-9-16/h6-7,10H,2-5,8-9,11-12H2,1H3. The molecular formula is C16H22BrClO. The number of aryl methyl sites for hydroxylation is 1. The van der Waals surface area contributed by atoms with Crippen LogP contribution in [0.2, 0.25) is 5.02 Å². The SMILES string of the molecule is Cc1ccc(OCC2(CBr)CCCCCC2)c(Cl)c1. The minimum atomic E-state index is 0.282. The molecule has 0 bridgehead atoms. The van der Waals surface area contributed by atoms with Crippen molar-refractivity contribution in [2.45, 2.75) is 45.4 Å². The molecule has 1 fully saturated rings. The van der Waals surface area contributed by atoms with Gasteiger partial charge in [-0.2, -0.15) is 0 Å². The van der Waals surface area contributed by atoms with Gasteiger partial charge in [-0.1, -0.05) is 59.3 Å². The Hall–Kier alpha value is -0.210. The lowest BCUT2D eigenvalue weighted by atomic mass is 9.83. The third-order valence-electron chi connectivity index (χ3n) is 4.07. The first kappa shape index (κ1) is 15.2. The summed E-state index contributed by atoms with van der Waals surface area (Å²) < 4.78 is 6.02. The van der Waals surface area contributed by atoms with Crippen molar-refractivity contribution < 1.29 is 4.74 Å². The van der Waals surface area contributed by atoms with E-state index in [1.165, 1.54) is 44.1 Å². The van der Waals surface area contributed by atoms with Gasteiger partial charge in [0.15, 0.2) is 0 Å². The molecule has 1 saturated carbocycles. The maximum atomic E-state index is 6.23. The molecule has 0 atom stereocenters.